The van der Waals surface area contributed by atoms with Crippen molar-refractivity contribution in [2.45, 2.75) is 18.7 Å². The van der Waals surface area contributed by atoms with Gasteiger partial charge in [-0.3, -0.25) is 9.59 Å². The quantitative estimate of drug-likeness (QED) is 0.782. The zero-order valence-corrected chi connectivity index (χ0v) is 13.1. The van der Waals surface area contributed by atoms with Crippen LogP contribution in [-0.4, -0.2) is 30.8 Å². The number of amides is 1. The maximum atomic E-state index is 11.5. The molecule has 1 aromatic carbocycles. The zero-order chi connectivity index (χ0) is 14.3. The van der Waals surface area contributed by atoms with Crippen LogP contribution in [0.2, 0.25) is 0 Å². The van der Waals surface area contributed by atoms with Crippen LogP contribution in [0, 0.1) is 0 Å². The summed E-state index contributed by atoms with van der Waals surface area (Å²) < 4.78 is 4.56. The van der Waals surface area contributed by atoms with Gasteiger partial charge in [0, 0.05) is 11.4 Å². The molecule has 0 aliphatic heterocycles. The van der Waals surface area contributed by atoms with Gasteiger partial charge in [-0.15, -0.1) is 24.2 Å². The van der Waals surface area contributed by atoms with Gasteiger partial charge in [0.05, 0.1) is 18.9 Å². The van der Waals surface area contributed by atoms with E-state index in [-0.39, 0.29) is 24.3 Å². The van der Waals surface area contributed by atoms with E-state index in [0.717, 1.165) is 5.56 Å². The number of esters is 1. The smallest absolute Gasteiger partial charge is 0.315 e. The van der Waals surface area contributed by atoms with Crippen molar-refractivity contribution in [1.82, 2.24) is 0 Å². The second-order valence-electron chi connectivity index (χ2n) is 4.05. The molecule has 20 heavy (non-hydrogen) atoms. The van der Waals surface area contributed by atoms with Crippen LogP contribution >= 0.6 is 24.2 Å². The molecule has 0 aliphatic carbocycles. The standard InChI is InChI=1S/C13H18N2O3S.ClH/c1-9(14)13(17)15-11-5-3-4-10(6-11)7-19-8-12(16)18-2;/h3-6,9H,7-8,14H2,1-2H3,(H,15,17);1H/t9-;/m1./s1. The molecule has 112 valence electrons. The highest BCUT2D eigenvalue weighted by molar-refractivity contribution is 7.99. The van der Waals surface area contributed by atoms with Gasteiger partial charge in [-0.25, -0.2) is 0 Å². The molecular formula is C13H19ClN2O3S. The molecule has 0 heterocycles. The van der Waals surface area contributed by atoms with Crippen LogP contribution in [0.5, 0.6) is 0 Å². The van der Waals surface area contributed by atoms with Crippen LogP contribution in [0.1, 0.15) is 12.5 Å². The summed E-state index contributed by atoms with van der Waals surface area (Å²) in [6.45, 7) is 1.63. The maximum absolute atomic E-state index is 11.5. The van der Waals surface area contributed by atoms with E-state index in [1.165, 1.54) is 18.9 Å². The molecule has 0 saturated carbocycles. The molecule has 1 atom stereocenters. The van der Waals surface area contributed by atoms with Gasteiger partial charge in [0.25, 0.3) is 0 Å². The monoisotopic (exact) mass is 318 g/mol. The van der Waals surface area contributed by atoms with E-state index in [2.05, 4.69) is 10.1 Å². The van der Waals surface area contributed by atoms with E-state index < -0.39 is 6.04 Å². The SMILES string of the molecule is COC(=O)CSCc1cccc(NC(=O)[C@@H](C)N)c1.Cl. The van der Waals surface area contributed by atoms with Crippen molar-refractivity contribution < 1.29 is 14.3 Å². The van der Waals surface area contributed by atoms with Crippen LogP contribution in [0.4, 0.5) is 5.69 Å². The van der Waals surface area contributed by atoms with Crippen molar-refractivity contribution in [3.8, 4) is 0 Å². The molecule has 0 bridgehead atoms. The first-order chi connectivity index (χ1) is 9.02. The molecule has 0 aromatic heterocycles. The van der Waals surface area contributed by atoms with Crippen molar-refractivity contribution in [3.63, 3.8) is 0 Å². The molecule has 1 aromatic rings. The number of nitrogens with one attached hydrogen (secondary N) is 1. The molecular weight excluding hydrogens is 300 g/mol. The summed E-state index contributed by atoms with van der Waals surface area (Å²) in [5.41, 5.74) is 7.21. The first-order valence-electron chi connectivity index (χ1n) is 5.83. The number of carbonyl (C=O) groups is 2. The minimum Gasteiger partial charge on any atom is -0.468 e. The maximum Gasteiger partial charge on any atom is 0.315 e. The molecule has 0 aliphatic rings. The van der Waals surface area contributed by atoms with Crippen molar-refractivity contribution in [2.24, 2.45) is 5.73 Å². The van der Waals surface area contributed by atoms with Gasteiger partial charge in [0.15, 0.2) is 0 Å². The number of thioether (sulfide) groups is 1. The number of hydrogen-bond acceptors (Lipinski definition) is 5. The Balaban J connectivity index is 0.00000361. The predicted octanol–water partition coefficient (Wildman–Crippen LogP) is 1.80. The summed E-state index contributed by atoms with van der Waals surface area (Å²) in [5, 5.41) is 2.73. The molecule has 0 saturated heterocycles. The van der Waals surface area contributed by atoms with Gasteiger partial charge in [-0.05, 0) is 24.6 Å². The predicted molar refractivity (Wildman–Crippen MR) is 84.1 cm³/mol. The first kappa shape index (κ1) is 18.8. The summed E-state index contributed by atoms with van der Waals surface area (Å²) in [5.74, 6) is 0.523. The molecule has 1 rings (SSSR count). The van der Waals surface area contributed by atoms with Crippen molar-refractivity contribution in [2.75, 3.05) is 18.2 Å². The van der Waals surface area contributed by atoms with Crippen LogP contribution in [-0.2, 0) is 20.1 Å². The van der Waals surface area contributed by atoms with Gasteiger partial charge < -0.3 is 15.8 Å². The molecule has 0 fully saturated rings. The largest absolute Gasteiger partial charge is 0.468 e. The average molecular weight is 319 g/mol. The molecule has 0 radical (unpaired) electrons. The van der Waals surface area contributed by atoms with Gasteiger partial charge in [0.1, 0.15) is 0 Å². The fourth-order valence-electron chi connectivity index (χ4n) is 1.31. The highest BCUT2D eigenvalue weighted by Gasteiger charge is 2.07. The van der Waals surface area contributed by atoms with Crippen LogP contribution in [0.3, 0.4) is 0 Å². The lowest BCUT2D eigenvalue weighted by Crippen LogP contribution is -2.32. The number of anilines is 1. The number of nitrogens with two attached hydrogens (primary N) is 1. The van der Waals surface area contributed by atoms with Gasteiger partial charge >= 0.3 is 5.97 Å². The third kappa shape index (κ3) is 6.79. The lowest BCUT2D eigenvalue weighted by Gasteiger charge is -2.09. The number of hydrogen-bond donors (Lipinski definition) is 2. The number of rotatable bonds is 6. The van der Waals surface area contributed by atoms with E-state index in [0.29, 0.717) is 17.2 Å². The third-order valence-electron chi connectivity index (χ3n) is 2.32. The van der Waals surface area contributed by atoms with Crippen LogP contribution in [0.15, 0.2) is 24.3 Å². The van der Waals surface area contributed by atoms with E-state index in [4.69, 9.17) is 5.73 Å². The van der Waals surface area contributed by atoms with Gasteiger partial charge in [0.2, 0.25) is 5.91 Å². The Morgan fingerprint density at radius 2 is 2.15 bits per heavy atom. The van der Waals surface area contributed by atoms with E-state index in [9.17, 15) is 9.59 Å². The van der Waals surface area contributed by atoms with Crippen LogP contribution < -0.4 is 11.1 Å². The Morgan fingerprint density at radius 1 is 1.45 bits per heavy atom. The second kappa shape index (κ2) is 9.63. The van der Waals surface area contributed by atoms with E-state index in [1.54, 1.807) is 13.0 Å². The highest BCUT2D eigenvalue weighted by atomic mass is 35.5. The molecule has 5 nitrogen and oxygen atoms in total. The first-order valence-corrected chi connectivity index (χ1v) is 6.98. The van der Waals surface area contributed by atoms with Gasteiger partial charge in [-0.1, -0.05) is 12.1 Å². The second-order valence-corrected chi connectivity index (χ2v) is 5.03. The summed E-state index contributed by atoms with van der Waals surface area (Å²) in [6, 6.07) is 6.91. The number of carbonyl (C=O) groups excluding carboxylic acids is 2. The van der Waals surface area contributed by atoms with E-state index in [1.807, 2.05) is 18.2 Å². The van der Waals surface area contributed by atoms with Crippen molar-refractivity contribution >= 4 is 41.7 Å². The zero-order valence-electron chi connectivity index (χ0n) is 11.4. The normalized spacial score (nSPS) is 11.2. The lowest BCUT2D eigenvalue weighted by molar-refractivity contribution is -0.137. The summed E-state index contributed by atoms with van der Waals surface area (Å²) >= 11 is 1.46. The molecule has 0 spiro atoms. The number of benzene rings is 1. The molecule has 0 unspecified atom stereocenters. The molecule has 7 heteroatoms. The highest BCUT2D eigenvalue weighted by Crippen LogP contribution is 2.16. The fourth-order valence-corrected chi connectivity index (χ4v) is 2.11. The minimum absolute atomic E-state index is 0. The summed E-state index contributed by atoms with van der Waals surface area (Å²) in [7, 11) is 1.37. The third-order valence-corrected chi connectivity index (χ3v) is 3.30. The summed E-state index contributed by atoms with van der Waals surface area (Å²) in [4.78, 5) is 22.4. The van der Waals surface area contributed by atoms with Gasteiger partial charge in [-0.2, -0.15) is 0 Å². The number of halogens is 1. The Bertz CT molecular complexity index is 455. The topological polar surface area (TPSA) is 81.4 Å². The van der Waals surface area contributed by atoms with Crippen LogP contribution in [0.25, 0.3) is 0 Å². The lowest BCUT2D eigenvalue weighted by atomic mass is 10.2. The van der Waals surface area contributed by atoms with E-state index >= 15 is 0 Å². The Kier molecular flexibility index (Phi) is 9.03. The Labute approximate surface area is 129 Å². The Hall–Kier alpha value is -1.24. The molecule has 1 amide bonds. The molecule has 3 N–H and O–H groups in total. The average Bonchev–Trinajstić information content (AvgIpc) is 2.38. The summed E-state index contributed by atoms with van der Waals surface area (Å²) in [6.07, 6.45) is 0. The Morgan fingerprint density at radius 3 is 2.75 bits per heavy atom. The number of ether oxygens (including phenoxy) is 1. The number of methoxy groups -OCH3 is 1. The fraction of sp³-hybridized carbons (Fsp3) is 0.385. The van der Waals surface area contributed by atoms with Crippen molar-refractivity contribution in [3.05, 3.63) is 29.8 Å². The minimum atomic E-state index is -0.544. The van der Waals surface area contributed by atoms with Crippen molar-refractivity contribution in [1.29, 1.82) is 0 Å².